The van der Waals surface area contributed by atoms with Crippen LogP contribution in [0.25, 0.3) is 10.8 Å². The second kappa shape index (κ2) is 8.12. The van der Waals surface area contributed by atoms with Crippen molar-refractivity contribution >= 4 is 28.2 Å². The summed E-state index contributed by atoms with van der Waals surface area (Å²) >= 11 is 0. The summed E-state index contributed by atoms with van der Waals surface area (Å²) in [7, 11) is 1.42. The van der Waals surface area contributed by atoms with Gasteiger partial charge in [-0.15, -0.1) is 0 Å². The van der Waals surface area contributed by atoms with E-state index < -0.39 is 11.3 Å². The maximum Gasteiger partial charge on any atom is 0.315 e. The second-order valence-corrected chi connectivity index (χ2v) is 10.5. The smallest absolute Gasteiger partial charge is 0.315 e. The Balaban J connectivity index is 1.81. The minimum atomic E-state index is -0.545. The fraction of sp³-hybridized carbons (Fsp3) is 0.333. The summed E-state index contributed by atoms with van der Waals surface area (Å²) in [4.78, 5) is 26.8. The first-order chi connectivity index (χ1) is 16.2. The molecule has 1 N–H and O–H groups in total. The lowest BCUT2D eigenvalue weighted by molar-refractivity contribution is -0.148. The molecule has 1 aliphatic carbocycles. The van der Waals surface area contributed by atoms with E-state index in [1.54, 1.807) is 0 Å². The molecule has 4 heteroatoms. The molecule has 3 aromatic rings. The molecule has 4 nitrogen and oxygen atoms in total. The average molecular weight is 454 g/mol. The Hall–Kier alpha value is -3.40. The summed E-state index contributed by atoms with van der Waals surface area (Å²) in [6.45, 7) is 8.30. The fourth-order valence-corrected chi connectivity index (χ4v) is 5.73. The van der Waals surface area contributed by atoms with Gasteiger partial charge in [-0.2, -0.15) is 0 Å². The Morgan fingerprint density at radius 1 is 1.03 bits per heavy atom. The van der Waals surface area contributed by atoms with Gasteiger partial charge in [0.15, 0.2) is 5.78 Å². The van der Waals surface area contributed by atoms with E-state index in [4.69, 9.17) is 4.74 Å². The van der Waals surface area contributed by atoms with Crippen LogP contribution >= 0.6 is 0 Å². The molecule has 2 aliphatic rings. The Morgan fingerprint density at radius 2 is 1.74 bits per heavy atom. The number of rotatable bonds is 3. The molecule has 0 aromatic heterocycles. The quantitative estimate of drug-likeness (QED) is 0.456. The van der Waals surface area contributed by atoms with Crippen LogP contribution in [0.3, 0.4) is 0 Å². The first-order valence-electron chi connectivity index (χ1n) is 12.0. The summed E-state index contributed by atoms with van der Waals surface area (Å²) in [5.74, 6) is -0.595. The van der Waals surface area contributed by atoms with Crippen molar-refractivity contribution in [3.05, 3.63) is 88.6 Å². The first kappa shape index (κ1) is 22.4. The predicted molar refractivity (Wildman–Crippen MR) is 136 cm³/mol. The summed E-state index contributed by atoms with van der Waals surface area (Å²) in [6, 6.07) is 21.0. The van der Waals surface area contributed by atoms with Crippen molar-refractivity contribution < 1.29 is 14.3 Å². The Labute approximate surface area is 201 Å². The number of methoxy groups -OCH3 is 1. The number of anilines is 1. The average Bonchev–Trinajstić information content (AvgIpc) is 2.81. The molecule has 5 rings (SSSR count). The highest BCUT2D eigenvalue weighted by Crippen LogP contribution is 2.53. The molecule has 0 saturated heterocycles. The van der Waals surface area contributed by atoms with Crippen molar-refractivity contribution in [1.82, 2.24) is 0 Å². The van der Waals surface area contributed by atoms with Crippen molar-refractivity contribution in [2.24, 2.45) is 11.3 Å². The molecule has 0 radical (unpaired) electrons. The van der Waals surface area contributed by atoms with E-state index in [0.29, 0.717) is 23.6 Å². The molecule has 0 fully saturated rings. The van der Waals surface area contributed by atoms with Gasteiger partial charge in [0.25, 0.3) is 0 Å². The van der Waals surface area contributed by atoms with Crippen LogP contribution in [0.2, 0.25) is 0 Å². The van der Waals surface area contributed by atoms with Gasteiger partial charge in [0, 0.05) is 29.3 Å². The largest absolute Gasteiger partial charge is 0.468 e. The zero-order valence-electron chi connectivity index (χ0n) is 20.4. The maximum atomic E-state index is 13.8. The fourth-order valence-electron chi connectivity index (χ4n) is 5.73. The van der Waals surface area contributed by atoms with Crippen molar-refractivity contribution in [2.75, 3.05) is 12.4 Å². The minimum Gasteiger partial charge on any atom is -0.468 e. The van der Waals surface area contributed by atoms with E-state index in [1.807, 2.05) is 26.0 Å². The second-order valence-electron chi connectivity index (χ2n) is 10.5. The van der Waals surface area contributed by atoms with Crippen molar-refractivity contribution in [3.8, 4) is 0 Å². The van der Waals surface area contributed by atoms with Crippen LogP contribution in [-0.4, -0.2) is 18.9 Å². The highest BCUT2D eigenvalue weighted by molar-refractivity contribution is 6.06. The Bertz CT molecular complexity index is 1330. The Morgan fingerprint density at radius 3 is 2.41 bits per heavy atom. The van der Waals surface area contributed by atoms with E-state index in [-0.39, 0.29) is 17.7 Å². The normalized spacial score (nSPS) is 21.2. The van der Waals surface area contributed by atoms with Crippen LogP contribution in [0.5, 0.6) is 0 Å². The Kier molecular flexibility index (Phi) is 5.35. The third kappa shape index (κ3) is 3.44. The highest BCUT2D eigenvalue weighted by Gasteiger charge is 2.50. The van der Waals surface area contributed by atoms with Crippen LogP contribution in [0.15, 0.2) is 71.9 Å². The molecule has 0 spiro atoms. The van der Waals surface area contributed by atoms with Crippen LogP contribution in [0, 0.1) is 11.3 Å². The molecular weight excluding hydrogens is 422 g/mol. The number of hydrogen-bond donors (Lipinski definition) is 1. The molecule has 174 valence electrons. The predicted octanol–water partition coefficient (Wildman–Crippen LogP) is 6.56. The molecule has 1 aliphatic heterocycles. The zero-order valence-corrected chi connectivity index (χ0v) is 20.4. The number of nitrogens with one attached hydrogen (secondary N) is 1. The number of carbonyl (C=O) groups is 2. The number of esters is 1. The van der Waals surface area contributed by atoms with Crippen LogP contribution < -0.4 is 5.32 Å². The van der Waals surface area contributed by atoms with Gasteiger partial charge in [-0.25, -0.2) is 0 Å². The number of benzene rings is 3. The van der Waals surface area contributed by atoms with Crippen LogP contribution in [0.1, 0.15) is 62.6 Å². The third-order valence-corrected chi connectivity index (χ3v) is 7.47. The number of Topliss-reactive ketones (excluding diaryl/α,β-unsaturated/α-hetero) is 1. The number of hydrogen-bond acceptors (Lipinski definition) is 4. The zero-order chi connectivity index (χ0) is 24.2. The summed E-state index contributed by atoms with van der Waals surface area (Å²) < 4.78 is 5.23. The van der Waals surface area contributed by atoms with E-state index in [9.17, 15) is 9.59 Å². The van der Waals surface area contributed by atoms with E-state index in [1.165, 1.54) is 12.7 Å². The molecular formula is C30H31NO3. The maximum absolute atomic E-state index is 13.8. The molecule has 0 unspecified atom stereocenters. The molecule has 1 heterocycles. The van der Waals surface area contributed by atoms with E-state index in [0.717, 1.165) is 27.6 Å². The first-order valence-corrected chi connectivity index (χ1v) is 12.0. The lowest BCUT2D eigenvalue weighted by Crippen LogP contribution is -2.44. The van der Waals surface area contributed by atoms with Gasteiger partial charge in [-0.05, 0) is 44.9 Å². The van der Waals surface area contributed by atoms with Gasteiger partial charge >= 0.3 is 5.97 Å². The van der Waals surface area contributed by atoms with Gasteiger partial charge in [-0.3, -0.25) is 9.59 Å². The topological polar surface area (TPSA) is 55.4 Å². The van der Waals surface area contributed by atoms with Crippen LogP contribution in [-0.2, 0) is 14.3 Å². The van der Waals surface area contributed by atoms with Crippen molar-refractivity contribution in [3.63, 3.8) is 0 Å². The molecule has 34 heavy (non-hydrogen) atoms. The molecule has 2 atom stereocenters. The van der Waals surface area contributed by atoms with Gasteiger partial charge in [0.1, 0.15) is 5.92 Å². The number of allylic oxidation sites excluding steroid dienone is 1. The van der Waals surface area contributed by atoms with Gasteiger partial charge in [0.2, 0.25) is 0 Å². The van der Waals surface area contributed by atoms with E-state index in [2.05, 4.69) is 67.7 Å². The number of ether oxygens (including phenoxy) is 1. The molecule has 0 amide bonds. The number of carbonyl (C=O) groups excluding carboxylic acids is 2. The molecule has 3 aromatic carbocycles. The van der Waals surface area contributed by atoms with Gasteiger partial charge in [-0.1, -0.05) is 82.3 Å². The number of ketones is 1. The summed E-state index contributed by atoms with van der Waals surface area (Å²) in [5.41, 5.74) is 5.18. The van der Waals surface area contributed by atoms with Gasteiger partial charge in [0.05, 0.1) is 7.11 Å². The summed E-state index contributed by atoms with van der Waals surface area (Å²) in [6.07, 6.45) is 0.300. The molecule has 0 bridgehead atoms. The standard InChI is InChI=1S/C30H31NO3/c1-17(2)18-10-12-20(13-11-18)24-25-21-9-7-6-8-19(21)14-15-22(25)31-28-26(24)23(32)16-30(3,4)27(28)29(33)34-5/h6-15,17,24,27,31H,16H2,1-5H3/t24-,27-/m1/s1. The van der Waals surface area contributed by atoms with Crippen molar-refractivity contribution in [2.45, 2.75) is 46.0 Å². The lowest BCUT2D eigenvalue weighted by Gasteiger charge is -2.44. The monoisotopic (exact) mass is 453 g/mol. The van der Waals surface area contributed by atoms with Gasteiger partial charge < -0.3 is 10.1 Å². The van der Waals surface area contributed by atoms with Crippen molar-refractivity contribution in [1.29, 1.82) is 0 Å². The molecule has 0 saturated carbocycles. The number of fused-ring (bicyclic) bond motifs is 3. The lowest BCUT2D eigenvalue weighted by atomic mass is 9.63. The summed E-state index contributed by atoms with van der Waals surface area (Å²) in [5, 5.41) is 5.77. The highest BCUT2D eigenvalue weighted by atomic mass is 16.5. The minimum absolute atomic E-state index is 0.0872. The van der Waals surface area contributed by atoms with E-state index >= 15 is 0 Å². The third-order valence-electron chi connectivity index (χ3n) is 7.47. The SMILES string of the molecule is COC(=O)[C@H]1C2=C(C(=O)CC1(C)C)[C@H](c1ccc(C(C)C)cc1)c1c(ccc3ccccc13)N2. The van der Waals surface area contributed by atoms with Crippen LogP contribution in [0.4, 0.5) is 5.69 Å².